The van der Waals surface area contributed by atoms with Gasteiger partial charge in [0.2, 0.25) is 11.8 Å². The van der Waals surface area contributed by atoms with Gasteiger partial charge in [-0.2, -0.15) is 4.98 Å². The molecule has 0 radical (unpaired) electrons. The lowest BCUT2D eigenvalue weighted by Gasteiger charge is -2.42. The van der Waals surface area contributed by atoms with E-state index in [1.54, 1.807) is 0 Å². The van der Waals surface area contributed by atoms with Crippen molar-refractivity contribution in [2.75, 3.05) is 33.2 Å². The van der Waals surface area contributed by atoms with Crippen LogP contribution in [0.4, 0.5) is 0 Å². The highest BCUT2D eigenvalue weighted by molar-refractivity contribution is 5.78. The second kappa shape index (κ2) is 7.24. The van der Waals surface area contributed by atoms with Crippen LogP contribution in [0.15, 0.2) is 28.8 Å². The molecule has 1 amide bonds. The van der Waals surface area contributed by atoms with Crippen LogP contribution >= 0.6 is 0 Å². The van der Waals surface area contributed by atoms with E-state index in [2.05, 4.69) is 48.3 Å². The quantitative estimate of drug-likeness (QED) is 0.797. The summed E-state index contributed by atoms with van der Waals surface area (Å²) in [5.74, 6) is 2.75. The molecule has 29 heavy (non-hydrogen) atoms. The van der Waals surface area contributed by atoms with Crippen LogP contribution in [0.1, 0.15) is 60.4 Å². The Kier molecular flexibility index (Phi) is 4.69. The fourth-order valence-corrected chi connectivity index (χ4v) is 5.16. The number of aromatic nitrogens is 2. The molecule has 3 fully saturated rings. The molecule has 1 saturated carbocycles. The molecule has 6 heteroatoms. The Balaban J connectivity index is 1.25. The average molecular weight is 395 g/mol. The fraction of sp³-hybridized carbons (Fsp3) is 0.609. The third-order valence-corrected chi connectivity index (χ3v) is 7.10. The molecule has 0 N–H and O–H groups in total. The normalized spacial score (nSPS) is 24.3. The number of aryl methyl sites for hydroxylation is 1. The Morgan fingerprint density at radius 3 is 2.62 bits per heavy atom. The molecule has 154 valence electrons. The van der Waals surface area contributed by atoms with Crippen LogP contribution in [0.2, 0.25) is 0 Å². The van der Waals surface area contributed by atoms with Crippen LogP contribution in [-0.2, 0) is 11.2 Å². The summed E-state index contributed by atoms with van der Waals surface area (Å²) in [4.78, 5) is 22.0. The lowest BCUT2D eigenvalue weighted by atomic mass is 9.70. The van der Waals surface area contributed by atoms with E-state index in [9.17, 15) is 4.79 Å². The van der Waals surface area contributed by atoms with E-state index in [-0.39, 0.29) is 11.3 Å². The first-order valence-corrected chi connectivity index (χ1v) is 10.9. The molecule has 5 rings (SSSR count). The van der Waals surface area contributed by atoms with Gasteiger partial charge >= 0.3 is 0 Å². The van der Waals surface area contributed by atoms with E-state index < -0.39 is 0 Å². The first-order valence-electron chi connectivity index (χ1n) is 10.9. The summed E-state index contributed by atoms with van der Waals surface area (Å²) in [7, 11) is 2.18. The standard InChI is InChI=1S/C23H30N4O2/c1-16-3-5-17(6-4-16)13-20(28)27-11-9-23(10-12-27)15-26(2)14-19(23)21-24-22(29-25-21)18-7-8-18/h3-6,18-19H,7-15H2,1-2H3. The van der Waals surface area contributed by atoms with Crippen molar-refractivity contribution >= 4 is 5.91 Å². The van der Waals surface area contributed by atoms with E-state index in [0.717, 1.165) is 56.3 Å². The van der Waals surface area contributed by atoms with E-state index in [1.807, 2.05) is 4.90 Å². The Labute approximate surface area is 172 Å². The molecule has 2 aliphatic heterocycles. The van der Waals surface area contributed by atoms with Gasteiger partial charge in [-0.1, -0.05) is 35.0 Å². The van der Waals surface area contributed by atoms with E-state index in [0.29, 0.717) is 18.3 Å². The van der Waals surface area contributed by atoms with Gasteiger partial charge in [0.15, 0.2) is 5.82 Å². The summed E-state index contributed by atoms with van der Waals surface area (Å²) in [5, 5.41) is 4.37. The van der Waals surface area contributed by atoms with Crippen molar-refractivity contribution in [3.63, 3.8) is 0 Å². The number of carbonyl (C=O) groups excluding carboxylic acids is 1. The van der Waals surface area contributed by atoms with Crippen molar-refractivity contribution in [1.82, 2.24) is 19.9 Å². The zero-order valence-electron chi connectivity index (χ0n) is 17.4. The van der Waals surface area contributed by atoms with Crippen LogP contribution in [-0.4, -0.2) is 59.1 Å². The van der Waals surface area contributed by atoms with Crippen molar-refractivity contribution in [2.45, 2.75) is 50.9 Å². The Morgan fingerprint density at radius 1 is 1.21 bits per heavy atom. The molecule has 0 bridgehead atoms. The molecule has 3 heterocycles. The van der Waals surface area contributed by atoms with Crippen LogP contribution in [0.3, 0.4) is 0 Å². The summed E-state index contributed by atoms with van der Waals surface area (Å²) >= 11 is 0. The number of hydrogen-bond acceptors (Lipinski definition) is 5. The molecule has 1 spiro atoms. The summed E-state index contributed by atoms with van der Waals surface area (Å²) in [6, 6.07) is 8.28. The fourth-order valence-electron chi connectivity index (χ4n) is 5.16. The highest BCUT2D eigenvalue weighted by atomic mass is 16.5. The maximum atomic E-state index is 12.8. The van der Waals surface area contributed by atoms with Crippen molar-refractivity contribution in [1.29, 1.82) is 0 Å². The zero-order valence-corrected chi connectivity index (χ0v) is 17.4. The summed E-state index contributed by atoms with van der Waals surface area (Å²) in [6.07, 6.45) is 4.86. The first kappa shape index (κ1) is 18.8. The molecular weight excluding hydrogens is 364 g/mol. The van der Waals surface area contributed by atoms with Crippen LogP contribution < -0.4 is 0 Å². The van der Waals surface area contributed by atoms with E-state index in [4.69, 9.17) is 9.51 Å². The molecule has 3 aliphatic rings. The van der Waals surface area contributed by atoms with Crippen LogP contribution in [0, 0.1) is 12.3 Å². The van der Waals surface area contributed by atoms with Gasteiger partial charge in [0, 0.05) is 38.0 Å². The number of carbonyl (C=O) groups is 1. The number of hydrogen-bond donors (Lipinski definition) is 0. The number of piperidine rings is 1. The number of likely N-dealkylation sites (tertiary alicyclic amines) is 2. The Bertz CT molecular complexity index is 879. The van der Waals surface area contributed by atoms with Crippen molar-refractivity contribution in [2.24, 2.45) is 5.41 Å². The van der Waals surface area contributed by atoms with Gasteiger partial charge in [0.05, 0.1) is 6.42 Å². The number of likely N-dealkylation sites (N-methyl/N-ethyl adjacent to an activating group) is 1. The van der Waals surface area contributed by atoms with Crippen molar-refractivity contribution in [3.8, 4) is 0 Å². The number of benzene rings is 1. The molecule has 1 unspecified atom stereocenters. The minimum absolute atomic E-state index is 0.153. The molecule has 2 aromatic rings. The van der Waals surface area contributed by atoms with Crippen LogP contribution in [0.5, 0.6) is 0 Å². The zero-order chi connectivity index (χ0) is 20.0. The maximum absolute atomic E-state index is 12.8. The first-order chi connectivity index (χ1) is 14.0. The highest BCUT2D eigenvalue weighted by Gasteiger charge is 2.50. The largest absolute Gasteiger partial charge is 0.342 e. The average Bonchev–Trinajstić information content (AvgIpc) is 3.36. The van der Waals surface area contributed by atoms with Gasteiger partial charge in [-0.25, -0.2) is 0 Å². The SMILES string of the molecule is Cc1ccc(CC(=O)N2CCC3(CC2)CN(C)CC3c2noc(C3CC3)n2)cc1. The Morgan fingerprint density at radius 2 is 1.93 bits per heavy atom. The van der Waals surface area contributed by atoms with Gasteiger partial charge in [-0.05, 0) is 50.6 Å². The number of rotatable bonds is 4. The maximum Gasteiger partial charge on any atom is 0.229 e. The summed E-state index contributed by atoms with van der Waals surface area (Å²) in [5.41, 5.74) is 2.47. The third-order valence-electron chi connectivity index (χ3n) is 7.10. The highest BCUT2D eigenvalue weighted by Crippen LogP contribution is 2.49. The molecular formula is C23H30N4O2. The third kappa shape index (κ3) is 3.70. The van der Waals surface area contributed by atoms with E-state index >= 15 is 0 Å². The lowest BCUT2D eigenvalue weighted by molar-refractivity contribution is -0.132. The van der Waals surface area contributed by atoms with E-state index in [1.165, 1.54) is 18.4 Å². The Hall–Kier alpha value is -2.21. The molecule has 1 aromatic carbocycles. The van der Waals surface area contributed by atoms with Gasteiger partial charge in [-0.15, -0.1) is 0 Å². The summed E-state index contributed by atoms with van der Waals surface area (Å²) < 4.78 is 5.56. The lowest BCUT2D eigenvalue weighted by Crippen LogP contribution is -2.46. The minimum atomic E-state index is 0.153. The van der Waals surface area contributed by atoms with Gasteiger partial charge in [0.1, 0.15) is 0 Å². The summed E-state index contributed by atoms with van der Waals surface area (Å²) in [6.45, 7) is 5.73. The monoisotopic (exact) mass is 394 g/mol. The van der Waals surface area contributed by atoms with Crippen molar-refractivity contribution in [3.05, 3.63) is 47.1 Å². The second-order valence-electron chi connectivity index (χ2n) is 9.42. The molecule has 2 saturated heterocycles. The molecule has 1 atom stereocenters. The van der Waals surface area contributed by atoms with Gasteiger partial charge in [-0.3, -0.25) is 4.79 Å². The topological polar surface area (TPSA) is 62.5 Å². The number of nitrogens with zero attached hydrogens (tertiary/aromatic N) is 4. The molecule has 6 nitrogen and oxygen atoms in total. The minimum Gasteiger partial charge on any atom is -0.342 e. The van der Waals surface area contributed by atoms with Crippen molar-refractivity contribution < 1.29 is 9.32 Å². The van der Waals surface area contributed by atoms with Gasteiger partial charge < -0.3 is 14.3 Å². The predicted octanol–water partition coefficient (Wildman–Crippen LogP) is 3.14. The van der Waals surface area contributed by atoms with Gasteiger partial charge in [0.25, 0.3) is 0 Å². The predicted molar refractivity (Wildman–Crippen MR) is 110 cm³/mol. The van der Waals surface area contributed by atoms with Crippen LogP contribution in [0.25, 0.3) is 0 Å². The smallest absolute Gasteiger partial charge is 0.229 e. The second-order valence-corrected chi connectivity index (χ2v) is 9.42. The molecule has 1 aliphatic carbocycles. The molecule has 1 aromatic heterocycles. The number of amides is 1.